The van der Waals surface area contributed by atoms with Gasteiger partial charge in [-0.25, -0.2) is 14.4 Å². The van der Waals surface area contributed by atoms with Gasteiger partial charge in [-0.2, -0.15) is 5.90 Å². The van der Waals surface area contributed by atoms with E-state index in [0.29, 0.717) is 67.5 Å². The topological polar surface area (TPSA) is 82.2 Å². The molecule has 0 saturated carbocycles. The molecule has 1 aromatic carbocycles. The van der Waals surface area contributed by atoms with Crippen molar-refractivity contribution in [2.75, 3.05) is 37.7 Å². The van der Waals surface area contributed by atoms with E-state index in [0.717, 1.165) is 5.56 Å². The standard InChI is InChI=1S/C20H24ClFN4O3/c1-3-24-19(29-23)16-12(2)14-10-13(21)11-15(22)17(14)25-18(16)26-6-4-20(5-7-26)27-8-9-28-20/h10-11H,3-9,23H2,1-2H3. The maximum Gasteiger partial charge on any atom is 0.244 e. The van der Waals surface area contributed by atoms with Gasteiger partial charge in [0.2, 0.25) is 5.90 Å². The SMILES string of the molecule is CCN=C(ON)c1c(N2CCC3(CC2)OCCO3)nc2c(F)cc(Cl)cc2c1C. The van der Waals surface area contributed by atoms with Gasteiger partial charge in [-0.3, -0.25) is 0 Å². The second-order valence-corrected chi connectivity index (χ2v) is 7.65. The van der Waals surface area contributed by atoms with Crippen molar-refractivity contribution in [2.45, 2.75) is 32.5 Å². The van der Waals surface area contributed by atoms with Crippen molar-refractivity contribution in [3.8, 4) is 0 Å². The first kappa shape index (κ1) is 20.3. The summed E-state index contributed by atoms with van der Waals surface area (Å²) in [6, 6.07) is 2.97. The van der Waals surface area contributed by atoms with Gasteiger partial charge in [0.15, 0.2) is 11.6 Å². The van der Waals surface area contributed by atoms with Crippen molar-refractivity contribution in [3.63, 3.8) is 0 Å². The molecule has 2 fully saturated rings. The van der Waals surface area contributed by atoms with E-state index in [4.69, 9.17) is 31.8 Å². The lowest BCUT2D eigenvalue weighted by Crippen LogP contribution is -2.46. The van der Waals surface area contributed by atoms with Gasteiger partial charge in [0.25, 0.3) is 0 Å². The minimum absolute atomic E-state index is 0.257. The van der Waals surface area contributed by atoms with Gasteiger partial charge in [-0.1, -0.05) is 11.6 Å². The zero-order valence-corrected chi connectivity index (χ0v) is 17.3. The largest absolute Gasteiger partial charge is 0.391 e. The number of halogens is 2. The van der Waals surface area contributed by atoms with Crippen molar-refractivity contribution < 1.29 is 18.7 Å². The average molecular weight is 423 g/mol. The van der Waals surface area contributed by atoms with Crippen molar-refractivity contribution in [1.82, 2.24) is 4.98 Å². The van der Waals surface area contributed by atoms with Crippen LogP contribution in [0.15, 0.2) is 17.1 Å². The van der Waals surface area contributed by atoms with Crippen molar-refractivity contribution >= 4 is 34.2 Å². The highest BCUT2D eigenvalue weighted by Crippen LogP contribution is 2.37. The van der Waals surface area contributed by atoms with Gasteiger partial charge in [0, 0.05) is 42.9 Å². The Bertz CT molecular complexity index is 953. The predicted molar refractivity (Wildman–Crippen MR) is 110 cm³/mol. The van der Waals surface area contributed by atoms with Gasteiger partial charge in [0.1, 0.15) is 11.3 Å². The number of anilines is 1. The molecule has 0 atom stereocenters. The van der Waals surface area contributed by atoms with Crippen LogP contribution in [0.1, 0.15) is 30.9 Å². The van der Waals surface area contributed by atoms with E-state index in [2.05, 4.69) is 14.9 Å². The zero-order valence-electron chi connectivity index (χ0n) is 16.5. The maximum absolute atomic E-state index is 14.7. The lowest BCUT2D eigenvalue weighted by Gasteiger charge is -2.39. The fraction of sp³-hybridized carbons (Fsp3) is 0.500. The summed E-state index contributed by atoms with van der Waals surface area (Å²) in [6.07, 6.45) is 1.39. The molecule has 2 saturated heterocycles. The lowest BCUT2D eigenvalue weighted by atomic mass is 9.99. The van der Waals surface area contributed by atoms with Crippen LogP contribution in [0.25, 0.3) is 10.9 Å². The number of pyridine rings is 1. The molecule has 0 radical (unpaired) electrons. The van der Waals surface area contributed by atoms with Gasteiger partial charge in [-0.05, 0) is 31.5 Å². The number of hydrogen-bond acceptors (Lipinski definition) is 7. The van der Waals surface area contributed by atoms with Crippen LogP contribution in [-0.2, 0) is 14.3 Å². The van der Waals surface area contributed by atoms with E-state index in [1.807, 2.05) is 13.8 Å². The van der Waals surface area contributed by atoms with E-state index in [9.17, 15) is 4.39 Å². The summed E-state index contributed by atoms with van der Waals surface area (Å²) in [4.78, 5) is 16.2. The number of aliphatic imine (C=N–C) groups is 1. The average Bonchev–Trinajstić information content (AvgIpc) is 3.16. The summed E-state index contributed by atoms with van der Waals surface area (Å²) >= 11 is 6.09. The molecular weight excluding hydrogens is 399 g/mol. The molecule has 9 heteroatoms. The maximum atomic E-state index is 14.7. The first-order chi connectivity index (χ1) is 14.0. The molecule has 156 valence electrons. The Morgan fingerprint density at radius 1 is 1.34 bits per heavy atom. The van der Waals surface area contributed by atoms with Gasteiger partial charge in [-0.15, -0.1) is 0 Å². The number of piperidine rings is 1. The summed E-state index contributed by atoms with van der Waals surface area (Å²) in [5, 5.41) is 0.905. The summed E-state index contributed by atoms with van der Waals surface area (Å²) in [5.74, 6) is 5.40. The molecule has 2 aromatic rings. The second kappa shape index (κ2) is 8.02. The van der Waals surface area contributed by atoms with Crippen molar-refractivity contribution in [3.05, 3.63) is 34.1 Å². The van der Waals surface area contributed by atoms with Crippen LogP contribution in [0.5, 0.6) is 0 Å². The summed E-state index contributed by atoms with van der Waals surface area (Å²) < 4.78 is 26.3. The molecule has 3 heterocycles. The van der Waals surface area contributed by atoms with E-state index in [-0.39, 0.29) is 11.4 Å². The van der Waals surface area contributed by atoms with Gasteiger partial charge in [0.05, 0.1) is 18.8 Å². The Kier molecular flexibility index (Phi) is 5.61. The fourth-order valence-corrected chi connectivity index (χ4v) is 4.28. The molecule has 1 aromatic heterocycles. The quantitative estimate of drug-likeness (QED) is 0.464. The number of nitrogens with two attached hydrogens (primary N) is 1. The molecule has 1 spiro atoms. The van der Waals surface area contributed by atoms with Gasteiger partial charge >= 0.3 is 0 Å². The molecule has 0 aliphatic carbocycles. The second-order valence-electron chi connectivity index (χ2n) is 7.21. The predicted octanol–water partition coefficient (Wildman–Crippen LogP) is 3.34. The lowest BCUT2D eigenvalue weighted by molar-refractivity contribution is -0.169. The third kappa shape index (κ3) is 3.66. The summed E-state index contributed by atoms with van der Waals surface area (Å²) in [5.41, 5.74) is 1.66. The Morgan fingerprint density at radius 2 is 2.03 bits per heavy atom. The highest BCUT2D eigenvalue weighted by Gasteiger charge is 2.41. The van der Waals surface area contributed by atoms with Crippen molar-refractivity contribution in [2.24, 2.45) is 10.9 Å². The minimum Gasteiger partial charge on any atom is -0.391 e. The number of aryl methyl sites for hydroxylation is 1. The molecule has 2 N–H and O–H groups in total. The van der Waals surface area contributed by atoms with Crippen LogP contribution in [0.3, 0.4) is 0 Å². The Labute approximate surface area is 173 Å². The number of fused-ring (bicyclic) bond motifs is 1. The van der Waals surface area contributed by atoms with Crippen molar-refractivity contribution in [1.29, 1.82) is 0 Å². The van der Waals surface area contributed by atoms with Crippen LogP contribution in [0.4, 0.5) is 10.2 Å². The van der Waals surface area contributed by atoms with E-state index in [1.165, 1.54) is 6.07 Å². The van der Waals surface area contributed by atoms with Crippen LogP contribution < -0.4 is 10.8 Å². The van der Waals surface area contributed by atoms with Gasteiger partial charge < -0.3 is 19.2 Å². The molecule has 0 amide bonds. The Hall–Kier alpha value is -2.00. The summed E-state index contributed by atoms with van der Waals surface area (Å²) in [6.45, 7) is 6.75. The number of nitrogens with zero attached hydrogens (tertiary/aromatic N) is 3. The molecule has 2 aliphatic rings. The van der Waals surface area contributed by atoms with Crippen LogP contribution in [0, 0.1) is 12.7 Å². The van der Waals surface area contributed by atoms with E-state index < -0.39 is 11.6 Å². The molecule has 0 bridgehead atoms. The zero-order chi connectivity index (χ0) is 20.6. The molecular formula is C20H24ClFN4O3. The molecule has 4 rings (SSSR count). The van der Waals surface area contributed by atoms with E-state index in [1.54, 1.807) is 6.07 Å². The normalized spacial score (nSPS) is 19.3. The number of benzene rings is 1. The fourth-order valence-electron chi connectivity index (χ4n) is 4.08. The van der Waals surface area contributed by atoms with Crippen LogP contribution in [-0.4, -0.2) is 49.5 Å². The molecule has 2 aliphatic heterocycles. The first-order valence-electron chi connectivity index (χ1n) is 9.72. The smallest absolute Gasteiger partial charge is 0.244 e. The number of hydrogen-bond donors (Lipinski definition) is 1. The monoisotopic (exact) mass is 422 g/mol. The minimum atomic E-state index is -0.522. The number of ether oxygens (including phenoxy) is 2. The number of rotatable bonds is 3. The molecule has 29 heavy (non-hydrogen) atoms. The first-order valence-corrected chi connectivity index (χ1v) is 10.1. The molecule has 7 nitrogen and oxygen atoms in total. The highest BCUT2D eigenvalue weighted by atomic mass is 35.5. The summed E-state index contributed by atoms with van der Waals surface area (Å²) in [7, 11) is 0. The van der Waals surface area contributed by atoms with Crippen LogP contribution >= 0.6 is 11.6 Å². The Balaban J connectivity index is 1.84. The Morgan fingerprint density at radius 3 is 2.66 bits per heavy atom. The van der Waals surface area contributed by atoms with E-state index >= 15 is 0 Å². The third-order valence-electron chi connectivity index (χ3n) is 5.51. The highest BCUT2D eigenvalue weighted by molar-refractivity contribution is 6.31. The van der Waals surface area contributed by atoms with Crippen LogP contribution in [0.2, 0.25) is 5.02 Å². The number of aromatic nitrogens is 1. The molecule has 0 unspecified atom stereocenters. The third-order valence-corrected chi connectivity index (χ3v) is 5.73.